The molecule has 0 saturated heterocycles. The van der Waals surface area contributed by atoms with Crippen molar-refractivity contribution in [2.24, 2.45) is 7.05 Å². The highest BCUT2D eigenvalue weighted by Crippen LogP contribution is 2.15. The molecule has 102 valence electrons. The second-order valence-electron chi connectivity index (χ2n) is 4.67. The summed E-state index contributed by atoms with van der Waals surface area (Å²) in [7, 11) is 1.53. The first-order valence-electron chi connectivity index (χ1n) is 6.39. The van der Waals surface area contributed by atoms with E-state index >= 15 is 0 Å². The van der Waals surface area contributed by atoms with E-state index < -0.39 is 0 Å². The Labute approximate surface area is 119 Å². The van der Waals surface area contributed by atoms with Crippen molar-refractivity contribution < 1.29 is 0 Å². The fraction of sp³-hybridized carbons (Fsp3) is 0.200. The Balaban J connectivity index is 2.06. The molecule has 0 fully saturated rings. The Morgan fingerprint density at radius 2 is 1.85 bits per heavy atom. The number of fused-ring (bicyclic) bond motifs is 1. The highest BCUT2D eigenvalue weighted by Gasteiger charge is 2.11. The molecule has 2 aromatic heterocycles. The average Bonchev–Trinajstić information content (AvgIpc) is 2.95. The summed E-state index contributed by atoms with van der Waals surface area (Å²) in [4.78, 5) is 24.3. The van der Waals surface area contributed by atoms with Gasteiger partial charge in [0, 0.05) is 13.6 Å². The lowest BCUT2D eigenvalue weighted by Crippen LogP contribution is -2.37. The molecule has 0 atom stereocenters. The molecule has 0 aliphatic rings. The molecule has 0 N–H and O–H groups in total. The van der Waals surface area contributed by atoms with Gasteiger partial charge in [-0.15, -0.1) is 11.3 Å². The zero-order chi connectivity index (χ0) is 14.1. The van der Waals surface area contributed by atoms with Crippen LogP contribution in [0.25, 0.3) is 10.2 Å². The van der Waals surface area contributed by atoms with Crippen LogP contribution in [0.3, 0.4) is 0 Å². The maximum absolute atomic E-state index is 12.3. The highest BCUT2D eigenvalue weighted by molar-refractivity contribution is 7.17. The largest absolute Gasteiger partial charge is 0.331 e. The van der Waals surface area contributed by atoms with Crippen molar-refractivity contribution >= 4 is 21.6 Å². The molecule has 3 rings (SSSR count). The number of rotatable bonds is 3. The van der Waals surface area contributed by atoms with Crippen molar-refractivity contribution in [3.05, 3.63) is 68.2 Å². The van der Waals surface area contributed by atoms with Gasteiger partial charge in [0.05, 0.1) is 5.52 Å². The molecule has 0 aliphatic carbocycles. The van der Waals surface area contributed by atoms with Crippen molar-refractivity contribution in [2.75, 3.05) is 0 Å². The summed E-state index contributed by atoms with van der Waals surface area (Å²) < 4.78 is 3.50. The van der Waals surface area contributed by atoms with Crippen molar-refractivity contribution in [3.8, 4) is 0 Å². The predicted octanol–water partition coefficient (Wildman–Crippen LogP) is 2.00. The van der Waals surface area contributed by atoms with Gasteiger partial charge in [-0.05, 0) is 23.4 Å². The molecular weight excluding hydrogens is 272 g/mol. The first-order chi connectivity index (χ1) is 9.68. The minimum atomic E-state index is -0.253. The molecule has 0 bridgehead atoms. The van der Waals surface area contributed by atoms with Crippen LogP contribution in [0.4, 0.5) is 0 Å². The van der Waals surface area contributed by atoms with Gasteiger partial charge in [0.25, 0.3) is 5.56 Å². The third kappa shape index (κ3) is 2.10. The molecule has 0 amide bonds. The normalized spacial score (nSPS) is 11.1. The molecule has 5 heteroatoms. The third-order valence-corrected chi connectivity index (χ3v) is 4.31. The molecule has 2 heterocycles. The first-order valence-corrected chi connectivity index (χ1v) is 7.27. The smallest absolute Gasteiger partial charge is 0.292 e. The van der Waals surface area contributed by atoms with Gasteiger partial charge < -0.3 is 0 Å². The van der Waals surface area contributed by atoms with Gasteiger partial charge in [0.1, 0.15) is 4.70 Å². The molecular formula is C15H14N2O2S. The fourth-order valence-corrected chi connectivity index (χ4v) is 3.17. The van der Waals surface area contributed by atoms with E-state index in [0.29, 0.717) is 11.2 Å². The van der Waals surface area contributed by atoms with Crippen LogP contribution in [0.5, 0.6) is 0 Å². The highest BCUT2D eigenvalue weighted by atomic mass is 32.1. The molecule has 0 saturated carbocycles. The van der Waals surface area contributed by atoms with Crippen molar-refractivity contribution in [1.82, 2.24) is 9.13 Å². The van der Waals surface area contributed by atoms with Crippen LogP contribution in [0.1, 0.15) is 5.56 Å². The Morgan fingerprint density at radius 1 is 1.10 bits per heavy atom. The van der Waals surface area contributed by atoms with E-state index in [-0.39, 0.29) is 11.2 Å². The lowest BCUT2D eigenvalue weighted by molar-refractivity contribution is 0.626. The van der Waals surface area contributed by atoms with E-state index in [1.807, 2.05) is 41.8 Å². The monoisotopic (exact) mass is 286 g/mol. The quantitative estimate of drug-likeness (QED) is 0.739. The SMILES string of the molecule is Cn1c(=O)c2sccc2n(CCc2ccccc2)c1=O. The standard InChI is InChI=1S/C15H14N2O2S/c1-16-14(18)13-12(8-10-20-13)17(15(16)19)9-7-11-5-3-2-4-6-11/h2-6,8,10H,7,9H2,1H3. The van der Waals surface area contributed by atoms with Gasteiger partial charge >= 0.3 is 5.69 Å². The summed E-state index contributed by atoms with van der Waals surface area (Å²) in [5.41, 5.74) is 1.45. The molecule has 20 heavy (non-hydrogen) atoms. The Hall–Kier alpha value is -2.14. The van der Waals surface area contributed by atoms with E-state index in [2.05, 4.69) is 0 Å². The lowest BCUT2D eigenvalue weighted by Gasteiger charge is -2.09. The van der Waals surface area contributed by atoms with Crippen LogP contribution in [-0.2, 0) is 20.0 Å². The molecule has 4 nitrogen and oxygen atoms in total. The molecule has 0 spiro atoms. The van der Waals surface area contributed by atoms with Gasteiger partial charge in [0.2, 0.25) is 0 Å². The lowest BCUT2D eigenvalue weighted by atomic mass is 10.1. The average molecular weight is 286 g/mol. The maximum atomic E-state index is 12.3. The topological polar surface area (TPSA) is 44.0 Å². The summed E-state index contributed by atoms with van der Waals surface area (Å²) in [6, 6.07) is 11.9. The predicted molar refractivity (Wildman–Crippen MR) is 81.5 cm³/mol. The number of benzene rings is 1. The minimum absolute atomic E-state index is 0.212. The summed E-state index contributed by atoms with van der Waals surface area (Å²) >= 11 is 1.38. The first kappa shape index (κ1) is 12.9. The Kier molecular flexibility index (Phi) is 3.28. The zero-order valence-corrected chi connectivity index (χ0v) is 11.9. The van der Waals surface area contributed by atoms with Crippen LogP contribution >= 0.6 is 11.3 Å². The van der Waals surface area contributed by atoms with Crippen LogP contribution in [0.15, 0.2) is 51.4 Å². The zero-order valence-electron chi connectivity index (χ0n) is 11.1. The van der Waals surface area contributed by atoms with Gasteiger partial charge in [0.15, 0.2) is 0 Å². The van der Waals surface area contributed by atoms with Gasteiger partial charge in [-0.2, -0.15) is 0 Å². The summed E-state index contributed by atoms with van der Waals surface area (Å²) in [5.74, 6) is 0. The van der Waals surface area contributed by atoms with E-state index in [1.54, 1.807) is 4.57 Å². The summed E-state index contributed by atoms with van der Waals surface area (Å²) in [5, 5.41) is 1.85. The van der Waals surface area contributed by atoms with Crippen molar-refractivity contribution in [3.63, 3.8) is 0 Å². The van der Waals surface area contributed by atoms with Crippen LogP contribution in [0.2, 0.25) is 0 Å². The second-order valence-corrected chi connectivity index (χ2v) is 5.59. The molecule has 0 aliphatic heterocycles. The van der Waals surface area contributed by atoms with E-state index in [4.69, 9.17) is 0 Å². The molecule has 1 aromatic carbocycles. The number of nitrogens with zero attached hydrogens (tertiary/aromatic N) is 2. The second kappa shape index (κ2) is 5.09. The number of aryl methyl sites for hydroxylation is 2. The third-order valence-electron chi connectivity index (χ3n) is 3.42. The number of thiophene rings is 1. The van der Waals surface area contributed by atoms with E-state index in [1.165, 1.54) is 28.5 Å². The van der Waals surface area contributed by atoms with Crippen LogP contribution < -0.4 is 11.2 Å². The number of hydrogen-bond acceptors (Lipinski definition) is 3. The van der Waals surface area contributed by atoms with Crippen molar-refractivity contribution in [2.45, 2.75) is 13.0 Å². The number of aromatic nitrogens is 2. The number of hydrogen-bond donors (Lipinski definition) is 0. The van der Waals surface area contributed by atoms with Gasteiger partial charge in [-0.1, -0.05) is 30.3 Å². The Bertz CT molecular complexity index is 859. The van der Waals surface area contributed by atoms with E-state index in [0.717, 1.165) is 11.9 Å². The van der Waals surface area contributed by atoms with Crippen molar-refractivity contribution in [1.29, 1.82) is 0 Å². The maximum Gasteiger partial charge on any atom is 0.331 e. The molecule has 0 unspecified atom stereocenters. The van der Waals surface area contributed by atoms with Gasteiger partial charge in [-0.25, -0.2) is 4.79 Å². The van der Waals surface area contributed by atoms with Crippen LogP contribution in [0, 0.1) is 0 Å². The fourth-order valence-electron chi connectivity index (χ4n) is 2.30. The minimum Gasteiger partial charge on any atom is -0.292 e. The summed E-state index contributed by atoms with van der Waals surface area (Å²) in [6.45, 7) is 0.574. The summed E-state index contributed by atoms with van der Waals surface area (Å²) in [6.07, 6.45) is 0.768. The Morgan fingerprint density at radius 3 is 2.60 bits per heavy atom. The van der Waals surface area contributed by atoms with Gasteiger partial charge in [-0.3, -0.25) is 13.9 Å². The molecule has 0 radical (unpaired) electrons. The van der Waals surface area contributed by atoms with Crippen LogP contribution in [-0.4, -0.2) is 9.13 Å². The van der Waals surface area contributed by atoms with E-state index in [9.17, 15) is 9.59 Å². The molecule has 3 aromatic rings.